The van der Waals surface area contributed by atoms with Gasteiger partial charge in [0.1, 0.15) is 12.4 Å². The molecule has 0 bridgehead atoms. The van der Waals surface area contributed by atoms with E-state index in [1.165, 1.54) is 19.3 Å². The Hall–Kier alpha value is -0.800. The number of furan rings is 1. The second-order valence-electron chi connectivity index (χ2n) is 4.23. The van der Waals surface area contributed by atoms with Gasteiger partial charge >= 0.3 is 0 Å². The average Bonchev–Trinajstić information content (AvgIpc) is 2.67. The Morgan fingerprint density at radius 2 is 2.20 bits per heavy atom. The van der Waals surface area contributed by atoms with Gasteiger partial charge in [0.15, 0.2) is 0 Å². The summed E-state index contributed by atoms with van der Waals surface area (Å²) < 4.78 is 11.0. The Morgan fingerprint density at radius 3 is 3.00 bits per heavy atom. The summed E-state index contributed by atoms with van der Waals surface area (Å²) >= 11 is 0. The van der Waals surface area contributed by atoms with Crippen LogP contribution in [0.2, 0.25) is 0 Å². The minimum absolute atomic E-state index is 0.197. The summed E-state index contributed by atoms with van der Waals surface area (Å²) in [6.07, 6.45) is 7.81. The summed E-state index contributed by atoms with van der Waals surface area (Å²) in [5, 5.41) is 0. The van der Waals surface area contributed by atoms with Gasteiger partial charge in [0.05, 0.1) is 12.4 Å². The third-order valence-corrected chi connectivity index (χ3v) is 3.02. The Bertz CT molecular complexity index is 271. The van der Waals surface area contributed by atoms with Crippen LogP contribution in [-0.2, 0) is 11.3 Å². The summed E-state index contributed by atoms with van der Waals surface area (Å²) in [5.41, 5.74) is 6.06. The lowest BCUT2D eigenvalue weighted by Gasteiger charge is -2.21. The van der Waals surface area contributed by atoms with Gasteiger partial charge in [-0.1, -0.05) is 19.3 Å². The van der Waals surface area contributed by atoms with Crippen LogP contribution in [0.1, 0.15) is 37.9 Å². The van der Waals surface area contributed by atoms with Crippen LogP contribution in [0.15, 0.2) is 22.8 Å². The first-order valence-electron chi connectivity index (χ1n) is 5.76. The molecule has 2 atom stereocenters. The van der Waals surface area contributed by atoms with E-state index in [1.54, 1.807) is 6.26 Å². The molecule has 15 heavy (non-hydrogen) atoms. The topological polar surface area (TPSA) is 48.4 Å². The molecule has 0 aromatic carbocycles. The summed E-state index contributed by atoms with van der Waals surface area (Å²) in [4.78, 5) is 0. The molecule has 1 aliphatic rings. The minimum Gasteiger partial charge on any atom is -0.467 e. The van der Waals surface area contributed by atoms with E-state index in [9.17, 15) is 0 Å². The van der Waals surface area contributed by atoms with Crippen LogP contribution in [0.4, 0.5) is 0 Å². The standard InChI is InChI=1S/C12H19NO2/c13-11-6-2-1-3-7-12(11)15-9-10-5-4-8-14-10/h4-5,8,11-12H,1-3,6-7,9,13H2. The smallest absolute Gasteiger partial charge is 0.129 e. The lowest BCUT2D eigenvalue weighted by Crippen LogP contribution is -2.35. The maximum Gasteiger partial charge on any atom is 0.129 e. The third kappa shape index (κ3) is 3.08. The Balaban J connectivity index is 1.81. The fourth-order valence-corrected chi connectivity index (χ4v) is 2.09. The van der Waals surface area contributed by atoms with E-state index in [0.717, 1.165) is 18.6 Å². The SMILES string of the molecule is NC1CCCCCC1OCc1ccco1. The van der Waals surface area contributed by atoms with Crippen LogP contribution in [-0.4, -0.2) is 12.1 Å². The van der Waals surface area contributed by atoms with Crippen LogP contribution < -0.4 is 5.73 Å². The quantitative estimate of drug-likeness (QED) is 0.778. The highest BCUT2D eigenvalue weighted by Crippen LogP contribution is 2.20. The molecular weight excluding hydrogens is 190 g/mol. The molecule has 0 saturated heterocycles. The Morgan fingerprint density at radius 1 is 1.33 bits per heavy atom. The minimum atomic E-state index is 0.197. The molecule has 84 valence electrons. The van der Waals surface area contributed by atoms with Crippen molar-refractivity contribution in [1.29, 1.82) is 0 Å². The molecule has 1 saturated carbocycles. The zero-order valence-electron chi connectivity index (χ0n) is 9.02. The predicted molar refractivity (Wildman–Crippen MR) is 58.3 cm³/mol. The van der Waals surface area contributed by atoms with Crippen molar-refractivity contribution in [3.05, 3.63) is 24.2 Å². The van der Waals surface area contributed by atoms with E-state index in [4.69, 9.17) is 14.9 Å². The van der Waals surface area contributed by atoms with Gasteiger partial charge in [-0.3, -0.25) is 0 Å². The molecule has 1 fully saturated rings. The third-order valence-electron chi connectivity index (χ3n) is 3.02. The molecule has 1 aliphatic carbocycles. The number of hydrogen-bond donors (Lipinski definition) is 1. The first-order valence-corrected chi connectivity index (χ1v) is 5.76. The fourth-order valence-electron chi connectivity index (χ4n) is 2.09. The molecule has 3 nitrogen and oxygen atoms in total. The summed E-state index contributed by atoms with van der Waals surface area (Å²) in [6.45, 7) is 0.547. The van der Waals surface area contributed by atoms with E-state index in [0.29, 0.717) is 6.61 Å². The largest absolute Gasteiger partial charge is 0.467 e. The van der Waals surface area contributed by atoms with Gasteiger partial charge in [0, 0.05) is 6.04 Å². The van der Waals surface area contributed by atoms with E-state index in [-0.39, 0.29) is 12.1 Å². The van der Waals surface area contributed by atoms with Crippen LogP contribution in [0.5, 0.6) is 0 Å². The molecule has 1 aromatic rings. The van der Waals surface area contributed by atoms with Crippen LogP contribution in [0.3, 0.4) is 0 Å². The van der Waals surface area contributed by atoms with Gasteiger partial charge in [0.2, 0.25) is 0 Å². The molecular formula is C12H19NO2. The monoisotopic (exact) mass is 209 g/mol. The van der Waals surface area contributed by atoms with E-state index in [2.05, 4.69) is 0 Å². The summed E-state index contributed by atoms with van der Waals surface area (Å²) in [7, 11) is 0. The molecule has 0 aliphatic heterocycles. The predicted octanol–water partition coefficient (Wildman–Crippen LogP) is 2.46. The van der Waals surface area contributed by atoms with Crippen molar-refractivity contribution < 1.29 is 9.15 Å². The van der Waals surface area contributed by atoms with Crippen molar-refractivity contribution in [3.63, 3.8) is 0 Å². The molecule has 2 unspecified atom stereocenters. The van der Waals surface area contributed by atoms with Gasteiger partial charge in [-0.15, -0.1) is 0 Å². The van der Waals surface area contributed by atoms with Gasteiger partial charge in [-0.2, -0.15) is 0 Å². The molecule has 2 N–H and O–H groups in total. The number of ether oxygens (including phenoxy) is 1. The van der Waals surface area contributed by atoms with Crippen molar-refractivity contribution in [3.8, 4) is 0 Å². The second-order valence-corrected chi connectivity index (χ2v) is 4.23. The molecule has 3 heteroatoms. The zero-order valence-corrected chi connectivity index (χ0v) is 9.02. The molecule has 2 rings (SSSR count). The molecule has 0 radical (unpaired) electrons. The lowest BCUT2D eigenvalue weighted by atomic mass is 10.1. The van der Waals surface area contributed by atoms with Gasteiger partial charge in [-0.25, -0.2) is 0 Å². The molecule has 1 aromatic heterocycles. The first kappa shape index (κ1) is 10.7. The van der Waals surface area contributed by atoms with Gasteiger partial charge in [-0.05, 0) is 25.0 Å². The second kappa shape index (κ2) is 5.33. The molecule has 0 amide bonds. The molecule has 0 spiro atoms. The fraction of sp³-hybridized carbons (Fsp3) is 0.667. The number of hydrogen-bond acceptors (Lipinski definition) is 3. The highest BCUT2D eigenvalue weighted by Gasteiger charge is 2.20. The molecule has 1 heterocycles. The summed E-state index contributed by atoms with van der Waals surface area (Å²) in [6, 6.07) is 4.01. The highest BCUT2D eigenvalue weighted by molar-refractivity contribution is 4.96. The first-order chi connectivity index (χ1) is 7.36. The van der Waals surface area contributed by atoms with Crippen molar-refractivity contribution in [2.75, 3.05) is 0 Å². The normalized spacial score (nSPS) is 27.5. The van der Waals surface area contributed by atoms with E-state index >= 15 is 0 Å². The van der Waals surface area contributed by atoms with Crippen LogP contribution in [0.25, 0.3) is 0 Å². The van der Waals surface area contributed by atoms with Gasteiger partial charge < -0.3 is 14.9 Å². The average molecular weight is 209 g/mol. The zero-order chi connectivity index (χ0) is 10.5. The Labute approximate surface area is 90.6 Å². The number of rotatable bonds is 3. The van der Waals surface area contributed by atoms with E-state index < -0.39 is 0 Å². The van der Waals surface area contributed by atoms with Crippen molar-refractivity contribution >= 4 is 0 Å². The summed E-state index contributed by atoms with van der Waals surface area (Å²) in [5.74, 6) is 0.881. The number of nitrogens with two attached hydrogens (primary N) is 1. The lowest BCUT2D eigenvalue weighted by molar-refractivity contribution is 0.0111. The Kier molecular flexibility index (Phi) is 3.80. The van der Waals surface area contributed by atoms with Crippen LogP contribution in [0, 0.1) is 0 Å². The maximum atomic E-state index is 6.06. The van der Waals surface area contributed by atoms with Crippen LogP contribution >= 0.6 is 0 Å². The van der Waals surface area contributed by atoms with Gasteiger partial charge in [0.25, 0.3) is 0 Å². The van der Waals surface area contributed by atoms with Crippen molar-refractivity contribution in [1.82, 2.24) is 0 Å². The maximum absolute atomic E-state index is 6.06. The van der Waals surface area contributed by atoms with Crippen molar-refractivity contribution in [2.24, 2.45) is 5.73 Å². The highest BCUT2D eigenvalue weighted by atomic mass is 16.5. The van der Waals surface area contributed by atoms with E-state index in [1.807, 2.05) is 12.1 Å². The van der Waals surface area contributed by atoms with Crippen molar-refractivity contribution in [2.45, 2.75) is 50.9 Å².